The molecule has 6 spiro atoms. The van der Waals surface area contributed by atoms with E-state index in [0.29, 0.717) is 65.4 Å². The first-order valence-electron chi connectivity index (χ1n) is 34.4. The van der Waals surface area contributed by atoms with Crippen molar-refractivity contribution in [3.8, 4) is 11.5 Å². The van der Waals surface area contributed by atoms with Crippen molar-refractivity contribution < 1.29 is 54.4 Å². The number of hydrogen-bond donors (Lipinski definition) is 8. The molecule has 3 saturated heterocycles. The predicted molar refractivity (Wildman–Crippen MR) is 337 cm³/mol. The van der Waals surface area contributed by atoms with Crippen molar-refractivity contribution in [1.29, 1.82) is 0 Å². The maximum Gasteiger partial charge on any atom is 0.343 e. The van der Waals surface area contributed by atoms with Crippen molar-refractivity contribution in [2.75, 3.05) is 32.3 Å². The first-order valence-corrected chi connectivity index (χ1v) is 36.9. The molecule has 6 bridgehead atoms. The van der Waals surface area contributed by atoms with Gasteiger partial charge in [-0.2, -0.15) is 0 Å². The monoisotopic (exact) mass is 1230 g/mol. The second-order valence-corrected chi connectivity index (χ2v) is 34.5. The number of nitrogens with one attached hydrogen (secondary N) is 2. The first-order chi connectivity index (χ1) is 42.7. The molecule has 1 aromatic heterocycles. The molecule has 88 heavy (non-hydrogen) atoms. The van der Waals surface area contributed by atoms with Gasteiger partial charge < -0.3 is 59.9 Å². The average molecular weight is 1230 g/mol. The topological polar surface area (TPSA) is 203 Å². The average Bonchev–Trinajstić information content (AvgIpc) is 1.41. The lowest BCUT2D eigenvalue weighted by Gasteiger charge is -2.72. The highest BCUT2D eigenvalue weighted by molar-refractivity contribution is 8.76. The molecule has 8 N–H and O–H groups in total. The van der Waals surface area contributed by atoms with Gasteiger partial charge in [0.1, 0.15) is 18.0 Å². The Hall–Kier alpha value is -3.45. The van der Waals surface area contributed by atoms with Crippen LogP contribution in [0.4, 0.5) is 0 Å². The summed E-state index contributed by atoms with van der Waals surface area (Å²) in [4.78, 5) is 19.8. The predicted octanol–water partition coefficient (Wildman–Crippen LogP) is 11.2. The Balaban J connectivity index is 0.842. The summed E-state index contributed by atoms with van der Waals surface area (Å²) in [6, 6.07) is 22.5. The lowest BCUT2D eigenvalue weighted by molar-refractivity contribution is -0.410. The van der Waals surface area contributed by atoms with E-state index in [1.807, 2.05) is 59.0 Å². The lowest BCUT2D eigenvalue weighted by Crippen LogP contribution is -2.82. The van der Waals surface area contributed by atoms with Crippen LogP contribution in [0.15, 0.2) is 66.7 Å². The molecular weight excluding hydrogens is 1140 g/mol. The summed E-state index contributed by atoms with van der Waals surface area (Å²) in [5.41, 5.74) is -1.89. The van der Waals surface area contributed by atoms with Crippen LogP contribution < -0.4 is 10.1 Å². The van der Waals surface area contributed by atoms with Gasteiger partial charge in [-0.05, 0) is 249 Å². The summed E-state index contributed by atoms with van der Waals surface area (Å²) in [6.45, 7) is 0.298. The van der Waals surface area contributed by atoms with Crippen molar-refractivity contribution in [2.45, 2.75) is 188 Å². The molecule has 5 aromatic rings. The molecule has 5 heterocycles. The largest absolute Gasteiger partial charge is 0.508 e. The standard InChI is InChI=1S/C73H88N2O11S2/c1-74-56-35-88-87-34-50-45-13-9-40-26-42-18-22-69(71(42,58(40)45)52-15-12-44(77)28-47(50)52)61(78)49(56)29-48-53-31-70(67(19-5-6-20-67)30-43-11-14-51-41(33-83-2)17-21-66(51)23-24-68(43,70)36-66)65(80)73(82)72(53,81)63(85-62(48)69)60(86-73)64(79)84-59-55(32-76)75-54-16-10-39-25-37-7-3-4-8-38(37)27-46(39)57(54)59/h3-4,7-8,10,12,15-16,25,27-28,40-43,45,48-51,53,56,58,60-63,65,74-78,80-82H,5-6,9,11,13-14,17-24,26,29-36H2,1-2H3/t40-,41+,42+,43-,45+,48-,49+,50+,51+,53-,56-,58+,60+,61-,62+,63-,65-,66+,68+,69+,70+,71+,72+,73-/m0/s1. The maximum atomic E-state index is 16.4. The Morgan fingerprint density at radius 1 is 0.807 bits per heavy atom. The molecule has 0 amide bonds. The highest BCUT2D eigenvalue weighted by Gasteiger charge is 2.91. The number of H-pyrrole nitrogens is 1. The number of methoxy groups -OCH3 is 1. The summed E-state index contributed by atoms with van der Waals surface area (Å²) < 4.78 is 28.3. The molecule has 4 aromatic carbocycles. The normalized spacial score (nSPS) is 48.5. The number of phenolic OH excluding ortho intramolecular Hbond substituents is 1. The van der Waals surface area contributed by atoms with Crippen LogP contribution in [0.5, 0.6) is 11.5 Å². The van der Waals surface area contributed by atoms with E-state index in [0.717, 1.165) is 142 Å². The van der Waals surface area contributed by atoms with Gasteiger partial charge in [-0.15, -0.1) is 0 Å². The molecule has 15 heteroatoms. The molecular formula is C73H88N2O11S2. The van der Waals surface area contributed by atoms with Gasteiger partial charge in [0.2, 0.25) is 5.79 Å². The molecule has 0 radical (unpaired) electrons. The van der Waals surface area contributed by atoms with Crippen LogP contribution >= 0.6 is 21.6 Å². The maximum absolute atomic E-state index is 16.4. The molecule has 4 aliphatic heterocycles. The Morgan fingerprint density at radius 2 is 1.64 bits per heavy atom. The number of aromatic nitrogens is 1. The van der Waals surface area contributed by atoms with Crippen LogP contribution in [0.1, 0.15) is 145 Å². The molecule has 13 nitrogen and oxygen atoms in total. The quantitative estimate of drug-likeness (QED) is 0.0453. The van der Waals surface area contributed by atoms with E-state index >= 15 is 9.90 Å². The third-order valence-electron chi connectivity index (χ3n) is 30.2. The number of esters is 1. The number of phenols is 1. The Morgan fingerprint density at radius 3 is 2.45 bits per heavy atom. The van der Waals surface area contributed by atoms with Gasteiger partial charge in [0.15, 0.2) is 17.5 Å². The molecule has 13 fully saturated rings. The zero-order chi connectivity index (χ0) is 59.4. The molecule has 10 saturated carbocycles. The van der Waals surface area contributed by atoms with Crippen LogP contribution in [0, 0.1) is 86.3 Å². The fraction of sp³-hybridized carbons (Fsp3) is 0.685. The minimum atomic E-state index is -2.67. The number of carbonyl (C=O) groups is 1. The second kappa shape index (κ2) is 18.9. The van der Waals surface area contributed by atoms with E-state index in [9.17, 15) is 25.5 Å². The molecule has 20 rings (SSSR count). The summed E-state index contributed by atoms with van der Waals surface area (Å²) in [7, 11) is 7.73. The number of ether oxygens (including phenoxy) is 4. The summed E-state index contributed by atoms with van der Waals surface area (Å²) in [5.74, 6) is -0.00518. The van der Waals surface area contributed by atoms with E-state index < -0.39 is 82.6 Å². The molecule has 11 aliphatic carbocycles. The zero-order valence-electron chi connectivity index (χ0n) is 51.0. The molecule has 15 aliphatic rings. The van der Waals surface area contributed by atoms with Crippen molar-refractivity contribution in [3.63, 3.8) is 0 Å². The number of aliphatic hydroxyl groups is 5. The zero-order valence-corrected chi connectivity index (χ0v) is 52.6. The minimum Gasteiger partial charge on any atom is -0.508 e. The van der Waals surface area contributed by atoms with Gasteiger partial charge in [-0.25, -0.2) is 4.79 Å². The first kappa shape index (κ1) is 56.1. The van der Waals surface area contributed by atoms with Crippen molar-refractivity contribution in [3.05, 3.63) is 83.6 Å². The number of hydrogen-bond acceptors (Lipinski definition) is 14. The van der Waals surface area contributed by atoms with Crippen molar-refractivity contribution in [2.24, 2.45) is 86.3 Å². The molecule has 468 valence electrons. The van der Waals surface area contributed by atoms with E-state index in [-0.39, 0.29) is 57.5 Å². The van der Waals surface area contributed by atoms with Gasteiger partial charge >= 0.3 is 5.97 Å². The van der Waals surface area contributed by atoms with Crippen molar-refractivity contribution in [1.82, 2.24) is 10.3 Å². The Kier molecular flexibility index (Phi) is 12.1. The Bertz CT molecular complexity index is 3740. The van der Waals surface area contributed by atoms with Crippen LogP contribution in [-0.2, 0) is 31.0 Å². The van der Waals surface area contributed by atoms with Gasteiger partial charge in [0.25, 0.3) is 0 Å². The Labute approximate surface area is 523 Å². The number of fused-ring (bicyclic) bond motifs is 11. The lowest BCUT2D eigenvalue weighted by atomic mass is 9.37. The fourth-order valence-corrected chi connectivity index (χ4v) is 30.7. The highest BCUT2D eigenvalue weighted by atomic mass is 33.1. The number of rotatable bonds is 6. The van der Waals surface area contributed by atoms with Crippen LogP contribution in [-0.4, -0.2) is 122 Å². The van der Waals surface area contributed by atoms with Crippen LogP contribution in [0.2, 0.25) is 0 Å². The van der Waals surface area contributed by atoms with E-state index in [4.69, 9.17) is 18.9 Å². The van der Waals surface area contributed by atoms with E-state index in [1.165, 1.54) is 11.1 Å². The number of aliphatic hydroxyl groups excluding tert-OH is 3. The van der Waals surface area contributed by atoms with E-state index in [1.54, 1.807) is 0 Å². The van der Waals surface area contributed by atoms with Gasteiger partial charge in [0.05, 0.1) is 35.4 Å². The third kappa shape index (κ3) is 6.41. The molecule has 24 atom stereocenters. The molecule has 0 unspecified atom stereocenters. The summed E-state index contributed by atoms with van der Waals surface area (Å²) >= 11 is 0. The highest BCUT2D eigenvalue weighted by Crippen LogP contribution is 2.88. The van der Waals surface area contributed by atoms with Gasteiger partial charge in [0, 0.05) is 59.3 Å². The number of aromatic amines is 1. The third-order valence-corrected chi connectivity index (χ3v) is 32.7. The fourth-order valence-electron chi connectivity index (χ4n) is 27.9. The SMILES string of the molecule is CN[C@H]1CSSC[C@H]2c3cc(O)ccc3[C@@]34[C@H](CC[C@@]35[C@@H]3O[C@H]6[C@H](C(=O)Oc7c(CO)[nH]c8ccc9cc%10ccccc%10cc9c78)O[C@@]7(O)[C@@H](O)[C@]8(C[C@@H]([C@@H]3C[C@H]1[C@@H]5O)[C@@]67O)C1(CCCC1)C[C@@H]1CC[C@@H]3[C@@H](COC)CC[C@]35CC[C@@]18C5)C[C@@H]1CC[C@H]2[C@@H]14. The van der Waals surface area contributed by atoms with Crippen molar-refractivity contribution >= 4 is 60.0 Å². The van der Waals surface area contributed by atoms with E-state index in [2.05, 4.69) is 53.7 Å². The number of aromatic hydroxyl groups is 1. The minimum absolute atomic E-state index is 0.0787. The summed E-state index contributed by atoms with van der Waals surface area (Å²) in [5, 5.41) is 90.2. The van der Waals surface area contributed by atoms with Crippen LogP contribution in [0.3, 0.4) is 0 Å². The van der Waals surface area contributed by atoms with Gasteiger partial charge in [-0.3, -0.25) is 0 Å². The second-order valence-electron chi connectivity index (χ2n) is 31.9. The smallest absolute Gasteiger partial charge is 0.343 e. The number of benzene rings is 4. The van der Waals surface area contributed by atoms with Gasteiger partial charge in [-0.1, -0.05) is 70.8 Å². The summed E-state index contributed by atoms with van der Waals surface area (Å²) in [6.07, 6.45) is 11.9. The number of carbonyl (C=O) groups excluding carboxylic acids is 1. The van der Waals surface area contributed by atoms with Crippen LogP contribution in [0.25, 0.3) is 32.4 Å².